The van der Waals surface area contributed by atoms with E-state index in [1.807, 2.05) is 54.6 Å². The van der Waals surface area contributed by atoms with Crippen LogP contribution >= 0.6 is 0 Å². The van der Waals surface area contributed by atoms with Gasteiger partial charge in [-0.15, -0.1) is 0 Å². The number of benzene rings is 3. The highest BCUT2D eigenvalue weighted by Gasteiger charge is 2.09. The highest BCUT2D eigenvalue weighted by molar-refractivity contribution is 6.04. The van der Waals surface area contributed by atoms with Crippen molar-refractivity contribution in [3.05, 3.63) is 84.4 Å². The third kappa shape index (κ3) is 6.89. The first kappa shape index (κ1) is 21.9. The minimum atomic E-state index is -0.190. The molecule has 0 spiro atoms. The molecule has 3 aromatic rings. The second-order valence-corrected chi connectivity index (χ2v) is 7.00. The summed E-state index contributed by atoms with van der Waals surface area (Å²) in [6.07, 6.45) is 2.00. The van der Waals surface area contributed by atoms with Crippen molar-refractivity contribution in [3.8, 4) is 5.75 Å². The molecule has 31 heavy (non-hydrogen) atoms. The number of anilines is 3. The van der Waals surface area contributed by atoms with Gasteiger partial charge in [-0.1, -0.05) is 49.7 Å². The maximum absolute atomic E-state index is 12.4. The molecule has 0 fully saturated rings. The molecule has 160 valence electrons. The van der Waals surface area contributed by atoms with Crippen molar-refractivity contribution in [2.75, 3.05) is 29.1 Å². The molecule has 0 aromatic heterocycles. The molecule has 0 saturated heterocycles. The van der Waals surface area contributed by atoms with Gasteiger partial charge < -0.3 is 20.7 Å². The van der Waals surface area contributed by atoms with Crippen LogP contribution in [-0.2, 0) is 4.79 Å². The van der Waals surface area contributed by atoms with Crippen LogP contribution in [0.1, 0.15) is 30.1 Å². The normalized spacial score (nSPS) is 10.2. The quantitative estimate of drug-likeness (QED) is 0.398. The number of unbranched alkanes of at least 4 members (excludes halogenated alkanes) is 1. The van der Waals surface area contributed by atoms with Crippen molar-refractivity contribution >= 4 is 28.9 Å². The SMILES string of the molecule is CCCCOc1ccccc1NC(=O)CNc1cccc(NC(=O)c2ccccc2)c1. The number of carbonyl (C=O) groups excluding carboxylic acids is 2. The van der Waals surface area contributed by atoms with Crippen LogP contribution < -0.4 is 20.7 Å². The lowest BCUT2D eigenvalue weighted by Gasteiger charge is -2.13. The largest absolute Gasteiger partial charge is 0.491 e. The first-order chi connectivity index (χ1) is 15.2. The summed E-state index contributed by atoms with van der Waals surface area (Å²) >= 11 is 0. The van der Waals surface area contributed by atoms with Gasteiger partial charge in [-0.05, 0) is 48.9 Å². The van der Waals surface area contributed by atoms with Crippen LogP contribution in [0.4, 0.5) is 17.1 Å². The Balaban J connectivity index is 1.54. The van der Waals surface area contributed by atoms with Gasteiger partial charge in [-0.2, -0.15) is 0 Å². The molecule has 0 radical (unpaired) electrons. The lowest BCUT2D eigenvalue weighted by Crippen LogP contribution is -2.22. The third-order valence-electron chi connectivity index (χ3n) is 4.53. The number of hydrogen-bond donors (Lipinski definition) is 3. The van der Waals surface area contributed by atoms with Crippen LogP contribution in [0.15, 0.2) is 78.9 Å². The average molecular weight is 418 g/mol. The summed E-state index contributed by atoms with van der Waals surface area (Å²) in [7, 11) is 0. The average Bonchev–Trinajstić information content (AvgIpc) is 2.80. The number of hydrogen-bond acceptors (Lipinski definition) is 4. The number of amides is 2. The number of ether oxygens (including phenoxy) is 1. The van der Waals surface area contributed by atoms with E-state index in [4.69, 9.17) is 4.74 Å². The van der Waals surface area contributed by atoms with Gasteiger partial charge in [0.2, 0.25) is 5.91 Å². The first-order valence-electron chi connectivity index (χ1n) is 10.4. The molecule has 0 saturated carbocycles. The Bertz CT molecular complexity index is 1010. The second-order valence-electron chi connectivity index (χ2n) is 7.00. The van der Waals surface area contributed by atoms with Crippen molar-refractivity contribution in [1.82, 2.24) is 0 Å². The number of nitrogens with one attached hydrogen (secondary N) is 3. The third-order valence-corrected chi connectivity index (χ3v) is 4.53. The van der Waals surface area contributed by atoms with Crippen LogP contribution in [0.5, 0.6) is 5.75 Å². The highest BCUT2D eigenvalue weighted by atomic mass is 16.5. The Kier molecular flexibility index (Phi) is 8.05. The maximum Gasteiger partial charge on any atom is 0.255 e. The number of para-hydroxylation sites is 2. The molecule has 0 heterocycles. The summed E-state index contributed by atoms with van der Waals surface area (Å²) in [5.74, 6) is 0.287. The summed E-state index contributed by atoms with van der Waals surface area (Å²) < 4.78 is 5.76. The molecule has 0 atom stereocenters. The molecule has 0 unspecified atom stereocenters. The molecular formula is C25H27N3O3. The van der Waals surface area contributed by atoms with Gasteiger partial charge in [-0.25, -0.2) is 0 Å². The van der Waals surface area contributed by atoms with E-state index in [-0.39, 0.29) is 18.4 Å². The van der Waals surface area contributed by atoms with E-state index in [0.29, 0.717) is 29.3 Å². The molecule has 0 aliphatic rings. The molecular weight excluding hydrogens is 390 g/mol. The molecule has 0 aliphatic heterocycles. The lowest BCUT2D eigenvalue weighted by molar-refractivity contribution is -0.114. The van der Waals surface area contributed by atoms with E-state index in [2.05, 4.69) is 22.9 Å². The second kappa shape index (κ2) is 11.4. The smallest absolute Gasteiger partial charge is 0.255 e. The Morgan fingerprint density at radius 2 is 1.58 bits per heavy atom. The zero-order valence-corrected chi connectivity index (χ0v) is 17.6. The molecule has 0 bridgehead atoms. The minimum absolute atomic E-state index is 0.0827. The molecule has 0 aliphatic carbocycles. The summed E-state index contributed by atoms with van der Waals surface area (Å²) in [6.45, 7) is 2.80. The zero-order valence-electron chi connectivity index (χ0n) is 17.6. The summed E-state index contributed by atoms with van der Waals surface area (Å²) in [6, 6.07) is 23.7. The summed E-state index contributed by atoms with van der Waals surface area (Å²) in [5.41, 5.74) is 2.61. The first-order valence-corrected chi connectivity index (χ1v) is 10.4. The van der Waals surface area contributed by atoms with Gasteiger partial charge in [0.25, 0.3) is 5.91 Å². The van der Waals surface area contributed by atoms with Gasteiger partial charge in [0.15, 0.2) is 0 Å². The van der Waals surface area contributed by atoms with Crippen molar-refractivity contribution < 1.29 is 14.3 Å². The molecule has 3 rings (SSSR count). The van der Waals surface area contributed by atoms with Gasteiger partial charge >= 0.3 is 0 Å². The van der Waals surface area contributed by atoms with Crippen LogP contribution in [0.3, 0.4) is 0 Å². The monoisotopic (exact) mass is 417 g/mol. The fourth-order valence-electron chi connectivity index (χ4n) is 2.90. The summed E-state index contributed by atoms with van der Waals surface area (Å²) in [5, 5.41) is 8.83. The Morgan fingerprint density at radius 1 is 0.839 bits per heavy atom. The summed E-state index contributed by atoms with van der Waals surface area (Å²) in [4.78, 5) is 24.7. The van der Waals surface area contributed by atoms with E-state index >= 15 is 0 Å². The van der Waals surface area contributed by atoms with Gasteiger partial charge in [-0.3, -0.25) is 9.59 Å². The predicted octanol–water partition coefficient (Wildman–Crippen LogP) is 5.17. The van der Waals surface area contributed by atoms with Crippen LogP contribution in [0, 0.1) is 0 Å². The topological polar surface area (TPSA) is 79.5 Å². The molecule has 3 aromatic carbocycles. The van der Waals surface area contributed by atoms with Crippen molar-refractivity contribution in [1.29, 1.82) is 0 Å². The van der Waals surface area contributed by atoms with Crippen molar-refractivity contribution in [2.24, 2.45) is 0 Å². The van der Waals surface area contributed by atoms with Crippen LogP contribution in [0.25, 0.3) is 0 Å². The Morgan fingerprint density at radius 3 is 2.39 bits per heavy atom. The molecule has 6 heteroatoms. The van der Waals surface area contributed by atoms with Crippen LogP contribution in [0.2, 0.25) is 0 Å². The standard InChI is InChI=1S/C25H27N3O3/c1-2-3-16-31-23-15-8-7-14-22(23)28-24(29)18-26-20-12-9-13-21(17-20)27-25(30)19-10-5-4-6-11-19/h4-15,17,26H,2-3,16,18H2,1H3,(H,27,30)(H,28,29). The molecule has 2 amide bonds. The van der Waals surface area contributed by atoms with Gasteiger partial charge in [0, 0.05) is 16.9 Å². The Labute approximate surface area is 182 Å². The van der Waals surface area contributed by atoms with Crippen molar-refractivity contribution in [3.63, 3.8) is 0 Å². The fraction of sp³-hybridized carbons (Fsp3) is 0.200. The number of carbonyl (C=O) groups is 2. The van der Waals surface area contributed by atoms with E-state index in [1.54, 1.807) is 24.3 Å². The molecule has 3 N–H and O–H groups in total. The molecule has 6 nitrogen and oxygen atoms in total. The van der Waals surface area contributed by atoms with E-state index in [9.17, 15) is 9.59 Å². The number of rotatable bonds is 10. The lowest BCUT2D eigenvalue weighted by atomic mass is 10.2. The fourth-order valence-corrected chi connectivity index (χ4v) is 2.90. The highest BCUT2D eigenvalue weighted by Crippen LogP contribution is 2.24. The van der Waals surface area contributed by atoms with Gasteiger partial charge in [0.1, 0.15) is 5.75 Å². The minimum Gasteiger partial charge on any atom is -0.491 e. The van der Waals surface area contributed by atoms with E-state index in [0.717, 1.165) is 18.5 Å². The van der Waals surface area contributed by atoms with Crippen molar-refractivity contribution in [2.45, 2.75) is 19.8 Å². The van der Waals surface area contributed by atoms with E-state index in [1.165, 1.54) is 0 Å². The van der Waals surface area contributed by atoms with Gasteiger partial charge in [0.05, 0.1) is 18.8 Å². The predicted molar refractivity (Wildman–Crippen MR) is 125 cm³/mol. The maximum atomic E-state index is 12.4. The van der Waals surface area contributed by atoms with Crippen LogP contribution in [-0.4, -0.2) is 25.0 Å². The zero-order chi connectivity index (χ0) is 21.9. The van der Waals surface area contributed by atoms with E-state index < -0.39 is 0 Å². The Hall–Kier alpha value is -3.80.